The van der Waals surface area contributed by atoms with E-state index in [1.165, 1.54) is 13.5 Å². The lowest BCUT2D eigenvalue weighted by Gasteiger charge is -2.23. The molecule has 2 fully saturated rings. The van der Waals surface area contributed by atoms with Crippen LogP contribution in [0.1, 0.15) is 23.2 Å². The van der Waals surface area contributed by atoms with Gasteiger partial charge >= 0.3 is 0 Å². The van der Waals surface area contributed by atoms with E-state index in [9.17, 15) is 4.79 Å². The number of piperidine rings is 1. The zero-order valence-corrected chi connectivity index (χ0v) is 13.5. The van der Waals surface area contributed by atoms with E-state index in [0.29, 0.717) is 35.2 Å². The molecule has 2 aliphatic rings. The first kappa shape index (κ1) is 15.1. The molecular weight excluding hydrogens is 308 g/mol. The molecule has 126 valence electrons. The van der Waals surface area contributed by atoms with E-state index in [0.717, 1.165) is 13.0 Å². The van der Waals surface area contributed by atoms with E-state index in [4.69, 9.17) is 13.9 Å². The van der Waals surface area contributed by atoms with Gasteiger partial charge in [0.25, 0.3) is 17.8 Å². The fourth-order valence-corrected chi connectivity index (χ4v) is 3.52. The van der Waals surface area contributed by atoms with Crippen LogP contribution in [0.3, 0.4) is 0 Å². The number of hydrogen-bond donors (Lipinski definition) is 2. The Hall–Kier alpha value is -2.47. The molecule has 4 rings (SSSR count). The number of hydrogen-bond acceptors (Lipinski definition) is 5. The number of nitrogens with one attached hydrogen (secondary N) is 2. The summed E-state index contributed by atoms with van der Waals surface area (Å²) in [6.45, 7) is 1.01. The number of rotatable bonds is 5. The van der Waals surface area contributed by atoms with Crippen LogP contribution in [0, 0.1) is 5.92 Å². The lowest BCUT2D eigenvalue weighted by Crippen LogP contribution is -2.44. The monoisotopic (exact) mass is 328 g/mol. The predicted molar refractivity (Wildman–Crippen MR) is 87.5 cm³/mol. The molecule has 1 aromatic carbocycles. The summed E-state index contributed by atoms with van der Waals surface area (Å²) in [6, 6.07) is 11.3. The average molecular weight is 328 g/mol. The van der Waals surface area contributed by atoms with E-state index in [2.05, 4.69) is 10.6 Å². The molecule has 1 aliphatic heterocycles. The first-order valence-corrected chi connectivity index (χ1v) is 8.17. The molecule has 0 spiro atoms. The molecule has 6 nitrogen and oxygen atoms in total. The molecule has 1 aliphatic carbocycles. The van der Waals surface area contributed by atoms with Crippen molar-refractivity contribution in [1.29, 1.82) is 0 Å². The van der Waals surface area contributed by atoms with Crippen LogP contribution in [0.2, 0.25) is 0 Å². The van der Waals surface area contributed by atoms with Crippen LogP contribution in [-0.4, -0.2) is 31.6 Å². The Balaban J connectivity index is 1.37. The molecule has 2 N–H and O–H groups in total. The van der Waals surface area contributed by atoms with Crippen LogP contribution < -0.4 is 20.1 Å². The predicted octanol–water partition coefficient (Wildman–Crippen LogP) is 2.56. The van der Waals surface area contributed by atoms with Crippen LogP contribution >= 0.6 is 0 Å². The lowest BCUT2D eigenvalue weighted by atomic mass is 10.0. The van der Waals surface area contributed by atoms with Crippen molar-refractivity contribution in [3.63, 3.8) is 0 Å². The van der Waals surface area contributed by atoms with Crippen molar-refractivity contribution in [2.45, 2.75) is 24.9 Å². The highest BCUT2D eigenvalue weighted by Crippen LogP contribution is 2.31. The maximum atomic E-state index is 12.4. The number of benzene rings is 1. The molecule has 2 aromatic rings. The summed E-state index contributed by atoms with van der Waals surface area (Å²) >= 11 is 0. The van der Waals surface area contributed by atoms with Crippen molar-refractivity contribution in [2.75, 3.05) is 13.7 Å². The Morgan fingerprint density at radius 2 is 1.96 bits per heavy atom. The topological polar surface area (TPSA) is 72.7 Å². The van der Waals surface area contributed by atoms with Gasteiger partial charge < -0.3 is 24.5 Å². The summed E-state index contributed by atoms with van der Waals surface area (Å²) in [5.74, 6) is 1.88. The maximum Gasteiger partial charge on any atom is 0.292 e. The number of fused-ring (bicyclic) bond motifs is 2. The molecule has 24 heavy (non-hydrogen) atoms. The van der Waals surface area contributed by atoms with Gasteiger partial charge in [0.15, 0.2) is 0 Å². The van der Waals surface area contributed by atoms with Crippen molar-refractivity contribution in [2.24, 2.45) is 5.92 Å². The van der Waals surface area contributed by atoms with Crippen molar-refractivity contribution < 1.29 is 18.7 Å². The Kier molecular flexibility index (Phi) is 3.90. The highest BCUT2D eigenvalue weighted by Gasteiger charge is 2.40. The van der Waals surface area contributed by atoms with Gasteiger partial charge in [-0.2, -0.15) is 0 Å². The van der Waals surface area contributed by atoms with Crippen LogP contribution in [-0.2, 0) is 0 Å². The van der Waals surface area contributed by atoms with Gasteiger partial charge in [-0.1, -0.05) is 0 Å². The highest BCUT2D eigenvalue weighted by atomic mass is 16.6. The molecule has 3 unspecified atom stereocenters. The number of ether oxygens (including phenoxy) is 2. The lowest BCUT2D eigenvalue weighted by molar-refractivity contribution is 0.0925. The standard InChI is InChI=1S/C18H20N2O4/c1-22-16-6-7-17(24-16)23-14-4-2-11(3-5-14)18(21)20-15-9-13-8-12(15)10-19-13/h2-7,12-13,15,19H,8-10H2,1H3,(H,20,21). The van der Waals surface area contributed by atoms with Crippen molar-refractivity contribution in [3.05, 3.63) is 42.0 Å². The van der Waals surface area contributed by atoms with Gasteiger partial charge in [-0.25, -0.2) is 0 Å². The van der Waals surface area contributed by atoms with Crippen molar-refractivity contribution >= 4 is 5.91 Å². The van der Waals surface area contributed by atoms with E-state index >= 15 is 0 Å². The minimum Gasteiger partial charge on any atom is -0.468 e. The second-order valence-corrected chi connectivity index (χ2v) is 6.32. The van der Waals surface area contributed by atoms with Crippen LogP contribution in [0.5, 0.6) is 17.6 Å². The SMILES string of the molecule is COc1ccc(Oc2ccc(C(=O)NC3CC4CC3CN4)cc2)o1. The molecule has 1 aromatic heterocycles. The van der Waals surface area contributed by atoms with Crippen LogP contribution in [0.25, 0.3) is 0 Å². The van der Waals surface area contributed by atoms with Gasteiger partial charge in [-0.05, 0) is 43.0 Å². The third kappa shape index (κ3) is 2.97. The summed E-state index contributed by atoms with van der Waals surface area (Å²) in [5.41, 5.74) is 0.634. The summed E-state index contributed by atoms with van der Waals surface area (Å²) < 4.78 is 15.8. The third-order valence-corrected chi connectivity index (χ3v) is 4.77. The first-order chi connectivity index (χ1) is 11.7. The molecule has 2 heterocycles. The third-order valence-electron chi connectivity index (χ3n) is 4.77. The van der Waals surface area contributed by atoms with E-state index in [1.807, 2.05) is 0 Å². The van der Waals surface area contributed by atoms with Gasteiger partial charge in [0.05, 0.1) is 7.11 Å². The largest absolute Gasteiger partial charge is 0.468 e. The first-order valence-electron chi connectivity index (χ1n) is 8.17. The normalized spacial score (nSPS) is 24.8. The smallest absolute Gasteiger partial charge is 0.292 e. The Bertz CT molecular complexity index is 725. The number of amides is 1. The number of carbonyl (C=O) groups excluding carboxylic acids is 1. The highest BCUT2D eigenvalue weighted by molar-refractivity contribution is 5.94. The van der Waals surface area contributed by atoms with Crippen LogP contribution in [0.15, 0.2) is 40.8 Å². The van der Waals surface area contributed by atoms with E-state index in [1.54, 1.807) is 36.4 Å². The van der Waals surface area contributed by atoms with Gasteiger partial charge in [-0.3, -0.25) is 4.79 Å². The van der Waals surface area contributed by atoms with E-state index < -0.39 is 0 Å². The van der Waals surface area contributed by atoms with Crippen molar-refractivity contribution in [1.82, 2.24) is 10.6 Å². The molecule has 1 amide bonds. The minimum atomic E-state index is -0.0289. The zero-order valence-electron chi connectivity index (χ0n) is 13.5. The number of carbonyl (C=O) groups is 1. The number of furan rings is 1. The van der Waals surface area contributed by atoms with Crippen LogP contribution in [0.4, 0.5) is 0 Å². The zero-order chi connectivity index (χ0) is 16.5. The van der Waals surface area contributed by atoms with Gasteiger partial charge in [-0.15, -0.1) is 0 Å². The van der Waals surface area contributed by atoms with Gasteiger partial charge in [0, 0.05) is 36.3 Å². The van der Waals surface area contributed by atoms with Gasteiger partial charge in [0.1, 0.15) is 5.75 Å². The molecule has 6 heteroatoms. The minimum absolute atomic E-state index is 0.0289. The number of methoxy groups -OCH3 is 1. The quantitative estimate of drug-likeness (QED) is 0.882. The summed E-state index contributed by atoms with van der Waals surface area (Å²) in [7, 11) is 1.53. The molecule has 1 saturated heterocycles. The summed E-state index contributed by atoms with van der Waals surface area (Å²) in [4.78, 5) is 12.4. The van der Waals surface area contributed by atoms with Gasteiger partial charge in [0.2, 0.25) is 0 Å². The maximum absolute atomic E-state index is 12.4. The molecular formula is C18H20N2O4. The Morgan fingerprint density at radius 3 is 2.58 bits per heavy atom. The van der Waals surface area contributed by atoms with E-state index in [-0.39, 0.29) is 11.9 Å². The fourth-order valence-electron chi connectivity index (χ4n) is 3.52. The molecule has 1 saturated carbocycles. The van der Waals surface area contributed by atoms with Crippen molar-refractivity contribution in [3.8, 4) is 17.6 Å². The average Bonchev–Trinajstić information content (AvgIpc) is 3.32. The summed E-state index contributed by atoms with van der Waals surface area (Å²) in [5, 5.41) is 6.60. The summed E-state index contributed by atoms with van der Waals surface area (Å²) in [6.07, 6.45) is 2.20. The Labute approximate surface area is 140 Å². The Morgan fingerprint density at radius 1 is 1.17 bits per heavy atom. The molecule has 3 atom stereocenters. The molecule has 2 bridgehead atoms. The second kappa shape index (κ2) is 6.20. The molecule has 0 radical (unpaired) electrons. The fraction of sp³-hybridized carbons (Fsp3) is 0.389. The second-order valence-electron chi connectivity index (χ2n) is 6.32.